The molecule has 0 saturated carbocycles. The van der Waals surface area contributed by atoms with Crippen LogP contribution >= 0.6 is 11.3 Å². The van der Waals surface area contributed by atoms with Crippen molar-refractivity contribution in [3.05, 3.63) is 83.1 Å². The molecule has 0 unspecified atom stereocenters. The minimum Gasteiger partial charge on any atom is -0.207 e. The van der Waals surface area contributed by atoms with Gasteiger partial charge in [-0.2, -0.15) is 11.3 Å². The third-order valence-electron chi connectivity index (χ3n) is 3.38. The fourth-order valence-corrected chi connectivity index (χ4v) is 3.84. The molecular formula is C19H21NO2S2. The van der Waals surface area contributed by atoms with Gasteiger partial charge in [0, 0.05) is 6.54 Å². The molecule has 0 radical (unpaired) electrons. The molecule has 5 heteroatoms. The van der Waals surface area contributed by atoms with Gasteiger partial charge in [0.05, 0.1) is 4.90 Å². The van der Waals surface area contributed by atoms with Crippen LogP contribution in [0.1, 0.15) is 24.5 Å². The molecule has 1 N–H and O–H groups in total. The molecule has 0 saturated heterocycles. The van der Waals surface area contributed by atoms with Crippen molar-refractivity contribution in [2.24, 2.45) is 0 Å². The number of hydrogen-bond acceptors (Lipinski definition) is 3. The van der Waals surface area contributed by atoms with Crippen molar-refractivity contribution in [2.45, 2.75) is 24.8 Å². The van der Waals surface area contributed by atoms with Crippen LogP contribution in [0.4, 0.5) is 0 Å². The Kier molecular flexibility index (Phi) is 6.73. The van der Waals surface area contributed by atoms with E-state index in [1.165, 1.54) is 0 Å². The minimum atomic E-state index is -3.51. The van der Waals surface area contributed by atoms with Gasteiger partial charge in [0.1, 0.15) is 0 Å². The molecule has 3 nitrogen and oxygen atoms in total. The zero-order chi connectivity index (χ0) is 17.4. The number of hydrogen-bond donors (Lipinski definition) is 1. The fourth-order valence-electron chi connectivity index (χ4n) is 2.16. The summed E-state index contributed by atoms with van der Waals surface area (Å²) in [7, 11) is -3.51. The van der Waals surface area contributed by atoms with Gasteiger partial charge in [-0.25, -0.2) is 13.1 Å². The highest BCUT2D eigenvalue weighted by molar-refractivity contribution is 7.89. The average Bonchev–Trinajstić information content (AvgIpc) is 3.11. The zero-order valence-electron chi connectivity index (χ0n) is 13.6. The molecule has 0 aliphatic heterocycles. The van der Waals surface area contributed by atoms with Crippen LogP contribution in [0.3, 0.4) is 0 Å². The van der Waals surface area contributed by atoms with Gasteiger partial charge in [-0.1, -0.05) is 49.9 Å². The largest absolute Gasteiger partial charge is 0.240 e. The SMILES string of the molecule is C=C/C=C\C(=C/CC)c1ccc(S(=O)(=O)NCc2ccsc2)cc1. The van der Waals surface area contributed by atoms with Crippen LogP contribution in [-0.4, -0.2) is 8.42 Å². The van der Waals surface area contributed by atoms with Crippen molar-refractivity contribution in [1.82, 2.24) is 4.72 Å². The number of sulfonamides is 1. The molecule has 0 bridgehead atoms. The predicted octanol–water partition coefficient (Wildman–Crippen LogP) is 4.76. The quantitative estimate of drug-likeness (QED) is 0.691. The monoisotopic (exact) mass is 359 g/mol. The van der Waals surface area contributed by atoms with Crippen molar-refractivity contribution in [3.8, 4) is 0 Å². The molecule has 126 valence electrons. The lowest BCUT2D eigenvalue weighted by Gasteiger charge is -2.08. The highest BCUT2D eigenvalue weighted by Gasteiger charge is 2.13. The van der Waals surface area contributed by atoms with Gasteiger partial charge in [0.2, 0.25) is 10.0 Å². The minimum absolute atomic E-state index is 0.269. The van der Waals surface area contributed by atoms with Crippen LogP contribution in [0.5, 0.6) is 0 Å². The van der Waals surface area contributed by atoms with Crippen molar-refractivity contribution in [1.29, 1.82) is 0 Å². The van der Waals surface area contributed by atoms with Crippen molar-refractivity contribution in [3.63, 3.8) is 0 Å². The molecule has 24 heavy (non-hydrogen) atoms. The molecule has 0 aliphatic rings. The Balaban J connectivity index is 2.16. The first-order valence-corrected chi connectivity index (χ1v) is 10.1. The van der Waals surface area contributed by atoms with Crippen LogP contribution in [-0.2, 0) is 16.6 Å². The molecule has 2 rings (SSSR count). The Morgan fingerprint density at radius 1 is 1.25 bits per heavy atom. The van der Waals surface area contributed by atoms with Gasteiger partial charge in [-0.05, 0) is 52.1 Å². The Morgan fingerprint density at radius 2 is 2.00 bits per heavy atom. The summed E-state index contributed by atoms with van der Waals surface area (Å²) >= 11 is 1.55. The maximum absolute atomic E-state index is 12.4. The van der Waals surface area contributed by atoms with E-state index in [1.54, 1.807) is 29.5 Å². The predicted molar refractivity (Wildman–Crippen MR) is 102 cm³/mol. The Hall–Kier alpha value is -1.95. The average molecular weight is 360 g/mol. The van der Waals surface area contributed by atoms with E-state index in [0.29, 0.717) is 6.54 Å². The Bertz CT molecular complexity index is 815. The number of allylic oxidation sites excluding steroid dienone is 5. The second-order valence-electron chi connectivity index (χ2n) is 5.14. The highest BCUT2D eigenvalue weighted by atomic mass is 32.2. The van der Waals surface area contributed by atoms with Crippen molar-refractivity contribution >= 4 is 26.9 Å². The first-order valence-electron chi connectivity index (χ1n) is 7.67. The lowest BCUT2D eigenvalue weighted by molar-refractivity contribution is 0.581. The van der Waals surface area contributed by atoms with E-state index in [4.69, 9.17) is 0 Å². The van der Waals surface area contributed by atoms with Gasteiger partial charge in [0.15, 0.2) is 0 Å². The first-order chi connectivity index (χ1) is 11.6. The standard InChI is InChI=1S/C19H21NO2S2/c1-3-5-7-17(6-4-2)18-8-10-19(11-9-18)24(21,22)20-14-16-12-13-23-15-16/h3,5-13,15,20H,1,4,14H2,2H3/b7-5-,17-6+. The molecule has 0 spiro atoms. The molecule has 0 amide bonds. The molecule has 1 heterocycles. The lowest BCUT2D eigenvalue weighted by Crippen LogP contribution is -2.22. The number of nitrogens with one attached hydrogen (secondary N) is 1. The molecule has 1 aromatic carbocycles. The highest BCUT2D eigenvalue weighted by Crippen LogP contribution is 2.20. The van der Waals surface area contributed by atoms with E-state index in [1.807, 2.05) is 41.1 Å². The maximum Gasteiger partial charge on any atom is 0.240 e. The normalized spacial score (nSPS) is 12.6. The maximum atomic E-state index is 12.4. The van der Waals surface area contributed by atoms with Gasteiger partial charge < -0.3 is 0 Å². The molecule has 1 aromatic heterocycles. The third-order valence-corrected chi connectivity index (χ3v) is 5.53. The van der Waals surface area contributed by atoms with Gasteiger partial charge in [-0.3, -0.25) is 0 Å². The third kappa shape index (κ3) is 5.03. The zero-order valence-corrected chi connectivity index (χ0v) is 15.2. The first kappa shape index (κ1) is 18.4. The summed E-state index contributed by atoms with van der Waals surface area (Å²) in [5.41, 5.74) is 2.99. The smallest absolute Gasteiger partial charge is 0.207 e. The second kappa shape index (κ2) is 8.78. The van der Waals surface area contributed by atoms with E-state index >= 15 is 0 Å². The molecule has 0 fully saturated rings. The van der Waals surface area contributed by atoms with E-state index < -0.39 is 10.0 Å². The molecule has 2 aromatic rings. The van der Waals surface area contributed by atoms with Crippen LogP contribution in [0.2, 0.25) is 0 Å². The summed E-state index contributed by atoms with van der Waals surface area (Å²) in [6, 6.07) is 8.83. The van der Waals surface area contributed by atoms with Crippen LogP contribution in [0.25, 0.3) is 5.57 Å². The van der Waals surface area contributed by atoms with Gasteiger partial charge in [-0.15, -0.1) is 0 Å². The molecule has 0 atom stereocenters. The Labute approximate surface area is 148 Å². The van der Waals surface area contributed by atoms with E-state index in [2.05, 4.69) is 24.3 Å². The van der Waals surface area contributed by atoms with Crippen LogP contribution in [0.15, 0.2) is 76.9 Å². The van der Waals surface area contributed by atoms with Crippen molar-refractivity contribution in [2.75, 3.05) is 0 Å². The summed E-state index contributed by atoms with van der Waals surface area (Å²) in [5.74, 6) is 0. The number of benzene rings is 1. The van der Waals surface area contributed by atoms with Crippen LogP contribution < -0.4 is 4.72 Å². The summed E-state index contributed by atoms with van der Waals surface area (Å²) in [5, 5.41) is 3.86. The van der Waals surface area contributed by atoms with Crippen molar-refractivity contribution < 1.29 is 8.42 Å². The molecular weight excluding hydrogens is 338 g/mol. The second-order valence-corrected chi connectivity index (χ2v) is 7.69. The Morgan fingerprint density at radius 3 is 2.58 bits per heavy atom. The number of rotatable bonds is 8. The number of thiophene rings is 1. The van der Waals surface area contributed by atoms with Gasteiger partial charge in [0.25, 0.3) is 0 Å². The van der Waals surface area contributed by atoms with E-state index in [9.17, 15) is 8.42 Å². The summed E-state index contributed by atoms with van der Waals surface area (Å²) in [4.78, 5) is 0.269. The fraction of sp³-hybridized carbons (Fsp3) is 0.158. The lowest BCUT2D eigenvalue weighted by atomic mass is 10.0. The van der Waals surface area contributed by atoms with E-state index in [-0.39, 0.29) is 4.90 Å². The summed E-state index contributed by atoms with van der Waals surface area (Å²) < 4.78 is 27.3. The van der Waals surface area contributed by atoms with Gasteiger partial charge >= 0.3 is 0 Å². The summed E-state index contributed by atoms with van der Waals surface area (Å²) in [6.07, 6.45) is 8.55. The topological polar surface area (TPSA) is 46.2 Å². The van der Waals surface area contributed by atoms with E-state index in [0.717, 1.165) is 23.1 Å². The summed E-state index contributed by atoms with van der Waals surface area (Å²) in [6.45, 7) is 6.04. The molecule has 0 aliphatic carbocycles. The van der Waals surface area contributed by atoms with Crippen LogP contribution in [0, 0.1) is 0 Å².